The summed E-state index contributed by atoms with van der Waals surface area (Å²) in [5.74, 6) is 0. The highest BCUT2D eigenvalue weighted by molar-refractivity contribution is 5.88. The Morgan fingerprint density at radius 3 is 2.33 bits per heavy atom. The fourth-order valence-electron chi connectivity index (χ4n) is 1.90. The van der Waals surface area contributed by atoms with Gasteiger partial charge in [0.1, 0.15) is 0 Å². The Morgan fingerprint density at radius 1 is 0.833 bits per heavy atom. The van der Waals surface area contributed by atoms with E-state index in [2.05, 4.69) is 60.0 Å². The lowest BCUT2D eigenvalue weighted by atomic mass is 10.0. The van der Waals surface area contributed by atoms with Gasteiger partial charge in [0.25, 0.3) is 0 Å². The summed E-state index contributed by atoms with van der Waals surface area (Å²) in [4.78, 5) is 0. The molecule has 2 aromatic rings. The molecule has 0 amide bonds. The van der Waals surface area contributed by atoms with E-state index < -0.39 is 0 Å². The van der Waals surface area contributed by atoms with Gasteiger partial charge < -0.3 is 0 Å². The first-order valence-electron chi connectivity index (χ1n) is 6.30. The topological polar surface area (TPSA) is 0 Å². The number of benzene rings is 2. The molecule has 2 aromatic carbocycles. The summed E-state index contributed by atoms with van der Waals surface area (Å²) in [6.07, 6.45) is 5.91. The minimum Gasteiger partial charge on any atom is -0.0702 e. The molecular formula is C18H16. The molecule has 18 heavy (non-hydrogen) atoms. The van der Waals surface area contributed by atoms with Gasteiger partial charge in [-0.2, -0.15) is 0 Å². The van der Waals surface area contributed by atoms with Crippen LogP contribution in [-0.2, 0) is 0 Å². The molecule has 3 rings (SSSR count). The molecule has 1 aliphatic rings. The van der Waals surface area contributed by atoms with Gasteiger partial charge in [0, 0.05) is 0 Å². The fraction of sp³-hybridized carbons (Fsp3) is 0.111. The first-order chi connectivity index (χ1) is 8.93. The van der Waals surface area contributed by atoms with Gasteiger partial charge in [0.05, 0.1) is 0 Å². The van der Waals surface area contributed by atoms with Crippen LogP contribution in [0.15, 0.2) is 72.2 Å². The van der Waals surface area contributed by atoms with Crippen molar-refractivity contribution in [2.75, 3.05) is 0 Å². The van der Waals surface area contributed by atoms with Crippen molar-refractivity contribution < 1.29 is 0 Å². The third-order valence-electron chi connectivity index (χ3n) is 2.74. The summed E-state index contributed by atoms with van der Waals surface area (Å²) in [6, 6.07) is 14.9. The molecule has 0 aromatic heterocycles. The van der Waals surface area contributed by atoms with Gasteiger partial charge in [-0.1, -0.05) is 61.7 Å². The van der Waals surface area contributed by atoms with Crippen molar-refractivity contribution in [3.05, 3.63) is 77.7 Å². The van der Waals surface area contributed by atoms with Crippen LogP contribution in [0.3, 0.4) is 0 Å². The number of fused-ring (bicyclic) bond motifs is 1. The Balaban J connectivity index is 0.000000574. The second kappa shape index (κ2) is 5.89. The van der Waals surface area contributed by atoms with Gasteiger partial charge >= 0.3 is 0 Å². The predicted molar refractivity (Wildman–Crippen MR) is 79.4 cm³/mol. The van der Waals surface area contributed by atoms with Crippen LogP contribution in [0.5, 0.6) is 0 Å². The summed E-state index contributed by atoms with van der Waals surface area (Å²) < 4.78 is 0. The van der Waals surface area contributed by atoms with Crippen LogP contribution in [0.1, 0.15) is 19.4 Å². The zero-order chi connectivity index (χ0) is 12.8. The SMILES string of the molecule is C1=C=CC(c2ccc3ccccc3c2)=CC=1.CC. The van der Waals surface area contributed by atoms with E-state index in [0.29, 0.717) is 0 Å². The van der Waals surface area contributed by atoms with Crippen LogP contribution in [0.4, 0.5) is 0 Å². The van der Waals surface area contributed by atoms with Gasteiger partial charge in [-0.05, 0) is 46.2 Å². The normalized spacial score (nSPS) is 12.0. The van der Waals surface area contributed by atoms with Crippen molar-refractivity contribution in [2.45, 2.75) is 13.8 Å². The van der Waals surface area contributed by atoms with E-state index in [1.807, 2.05) is 26.0 Å². The Morgan fingerprint density at radius 2 is 1.61 bits per heavy atom. The molecule has 0 saturated heterocycles. The molecule has 88 valence electrons. The van der Waals surface area contributed by atoms with E-state index in [-0.39, 0.29) is 0 Å². The van der Waals surface area contributed by atoms with Gasteiger partial charge in [0.2, 0.25) is 0 Å². The number of hydrogen-bond acceptors (Lipinski definition) is 0. The second-order valence-corrected chi connectivity index (χ2v) is 3.78. The van der Waals surface area contributed by atoms with Crippen molar-refractivity contribution in [2.24, 2.45) is 0 Å². The van der Waals surface area contributed by atoms with Gasteiger partial charge in [0.15, 0.2) is 0 Å². The fourth-order valence-corrected chi connectivity index (χ4v) is 1.90. The molecule has 0 heteroatoms. The van der Waals surface area contributed by atoms with Crippen molar-refractivity contribution in [3.8, 4) is 0 Å². The monoisotopic (exact) mass is 232 g/mol. The molecule has 0 saturated carbocycles. The highest BCUT2D eigenvalue weighted by Gasteiger charge is 1.99. The molecule has 0 spiro atoms. The van der Waals surface area contributed by atoms with Crippen molar-refractivity contribution in [1.82, 2.24) is 0 Å². The van der Waals surface area contributed by atoms with Crippen molar-refractivity contribution >= 4 is 16.3 Å². The minimum atomic E-state index is 1.18. The van der Waals surface area contributed by atoms with Crippen LogP contribution in [0.2, 0.25) is 0 Å². The molecule has 0 N–H and O–H groups in total. The highest BCUT2D eigenvalue weighted by Crippen LogP contribution is 2.22. The average Bonchev–Trinajstić information content (AvgIpc) is 2.50. The number of hydrogen-bond donors (Lipinski definition) is 0. The molecule has 0 bridgehead atoms. The highest BCUT2D eigenvalue weighted by atomic mass is 14.0. The Labute approximate surface area is 108 Å². The van der Waals surface area contributed by atoms with E-state index in [0.717, 1.165) is 0 Å². The predicted octanol–water partition coefficient (Wildman–Crippen LogP) is 5.13. The number of rotatable bonds is 1. The lowest BCUT2D eigenvalue weighted by molar-refractivity contribution is 1.50. The van der Waals surface area contributed by atoms with Gasteiger partial charge in [-0.15, -0.1) is 0 Å². The first kappa shape index (κ1) is 12.2. The number of allylic oxidation sites excluding steroid dienone is 4. The molecule has 0 unspecified atom stereocenters. The van der Waals surface area contributed by atoms with Gasteiger partial charge in [-0.25, -0.2) is 0 Å². The maximum atomic E-state index is 2.98. The average molecular weight is 232 g/mol. The summed E-state index contributed by atoms with van der Waals surface area (Å²) >= 11 is 0. The van der Waals surface area contributed by atoms with Crippen molar-refractivity contribution in [1.29, 1.82) is 0 Å². The van der Waals surface area contributed by atoms with Crippen molar-refractivity contribution in [3.63, 3.8) is 0 Å². The molecular weight excluding hydrogens is 216 g/mol. The maximum Gasteiger partial charge on any atom is -0.00365 e. The summed E-state index contributed by atoms with van der Waals surface area (Å²) in [5.41, 5.74) is 8.31. The zero-order valence-electron chi connectivity index (χ0n) is 10.8. The zero-order valence-corrected chi connectivity index (χ0v) is 10.8. The van der Waals surface area contributed by atoms with Crippen LogP contribution in [0, 0.1) is 0 Å². The Hall–Kier alpha value is -2.26. The van der Waals surface area contributed by atoms with Crippen LogP contribution < -0.4 is 0 Å². The first-order valence-corrected chi connectivity index (χ1v) is 6.30. The molecule has 0 radical (unpaired) electrons. The van der Waals surface area contributed by atoms with Gasteiger partial charge in [-0.3, -0.25) is 0 Å². The van der Waals surface area contributed by atoms with E-state index in [1.54, 1.807) is 0 Å². The molecule has 0 aliphatic heterocycles. The van der Waals surface area contributed by atoms with Crippen LogP contribution >= 0.6 is 0 Å². The summed E-state index contributed by atoms with van der Waals surface area (Å²) in [7, 11) is 0. The second-order valence-electron chi connectivity index (χ2n) is 3.78. The standard InChI is InChI=1S/C16H10.C2H6/c1-2-6-13(7-3-1)16-11-10-14-8-4-5-9-15(14)12-16;1-2/h2,4-12H;1-2H3. The summed E-state index contributed by atoms with van der Waals surface area (Å²) in [6.45, 7) is 4.00. The lowest BCUT2D eigenvalue weighted by Gasteiger charge is -2.04. The molecule has 0 nitrogen and oxygen atoms in total. The minimum absolute atomic E-state index is 1.18. The van der Waals surface area contributed by atoms with E-state index in [9.17, 15) is 0 Å². The molecule has 1 aliphatic carbocycles. The lowest BCUT2D eigenvalue weighted by Crippen LogP contribution is -1.82. The summed E-state index contributed by atoms with van der Waals surface area (Å²) in [5, 5.41) is 2.55. The van der Waals surface area contributed by atoms with E-state index in [4.69, 9.17) is 0 Å². The maximum absolute atomic E-state index is 2.98. The molecule has 0 heterocycles. The largest absolute Gasteiger partial charge is 0.0702 e. The Bertz CT molecular complexity index is 674. The van der Waals surface area contributed by atoms with E-state index >= 15 is 0 Å². The third kappa shape index (κ3) is 2.52. The molecule has 0 fully saturated rings. The smallest absolute Gasteiger partial charge is 0.00365 e. The Kier molecular flexibility index (Phi) is 3.99. The third-order valence-corrected chi connectivity index (χ3v) is 2.74. The van der Waals surface area contributed by atoms with Crippen LogP contribution in [-0.4, -0.2) is 0 Å². The quantitative estimate of drug-likeness (QED) is 0.598. The van der Waals surface area contributed by atoms with E-state index in [1.165, 1.54) is 21.9 Å². The van der Waals surface area contributed by atoms with Crippen LogP contribution in [0.25, 0.3) is 16.3 Å². The molecule has 0 atom stereocenters.